The summed E-state index contributed by atoms with van der Waals surface area (Å²) in [5, 5.41) is 10.5. The van der Waals surface area contributed by atoms with Crippen LogP contribution in [-0.2, 0) is 0 Å². The lowest BCUT2D eigenvalue weighted by Gasteiger charge is -2.35. The Balaban J connectivity index is 1.47. The summed E-state index contributed by atoms with van der Waals surface area (Å²) < 4.78 is 7.45. The molecule has 1 N–H and O–H groups in total. The first-order valence-electron chi connectivity index (χ1n) is 9.92. The average Bonchev–Trinajstić information content (AvgIpc) is 3.19. The van der Waals surface area contributed by atoms with Crippen molar-refractivity contribution in [1.82, 2.24) is 14.3 Å². The molecule has 0 bridgehead atoms. The van der Waals surface area contributed by atoms with E-state index in [1.165, 1.54) is 0 Å². The predicted octanol–water partition coefficient (Wildman–Crippen LogP) is 2.88. The molecule has 0 spiro atoms. The SMILES string of the molecule is O=c1oc2cc(N3CCN(CCO)CC3)ccc2cc1-c1cn2cccc(Cl)c2n1. The molecule has 154 valence electrons. The fourth-order valence-corrected chi connectivity index (χ4v) is 4.17. The number of anilines is 1. The van der Waals surface area contributed by atoms with Crippen LogP contribution in [0.4, 0.5) is 5.69 Å². The van der Waals surface area contributed by atoms with Crippen LogP contribution in [0.2, 0.25) is 5.02 Å². The van der Waals surface area contributed by atoms with E-state index in [2.05, 4.69) is 14.8 Å². The molecule has 5 rings (SSSR count). The number of piperazine rings is 1. The van der Waals surface area contributed by atoms with Crippen LogP contribution in [0.1, 0.15) is 0 Å². The monoisotopic (exact) mass is 424 g/mol. The highest BCUT2D eigenvalue weighted by Gasteiger charge is 2.18. The quantitative estimate of drug-likeness (QED) is 0.508. The summed E-state index contributed by atoms with van der Waals surface area (Å²) in [4.78, 5) is 21.7. The van der Waals surface area contributed by atoms with Crippen LogP contribution in [-0.4, -0.2) is 58.7 Å². The molecule has 4 heterocycles. The number of aliphatic hydroxyl groups excluding tert-OH is 1. The van der Waals surface area contributed by atoms with Gasteiger partial charge in [0.25, 0.3) is 0 Å². The van der Waals surface area contributed by atoms with Crippen molar-refractivity contribution in [1.29, 1.82) is 0 Å². The van der Waals surface area contributed by atoms with E-state index in [-0.39, 0.29) is 6.61 Å². The lowest BCUT2D eigenvalue weighted by Crippen LogP contribution is -2.47. The molecule has 1 aliphatic rings. The van der Waals surface area contributed by atoms with Gasteiger partial charge in [-0.1, -0.05) is 11.6 Å². The summed E-state index contributed by atoms with van der Waals surface area (Å²) in [6, 6.07) is 11.4. The maximum absolute atomic E-state index is 12.7. The molecular weight excluding hydrogens is 404 g/mol. The number of nitrogens with zero attached hydrogens (tertiary/aromatic N) is 4. The van der Waals surface area contributed by atoms with Gasteiger partial charge in [0.15, 0.2) is 5.65 Å². The predicted molar refractivity (Wildman–Crippen MR) is 117 cm³/mol. The highest BCUT2D eigenvalue weighted by atomic mass is 35.5. The number of aliphatic hydroxyl groups is 1. The van der Waals surface area contributed by atoms with E-state index < -0.39 is 5.63 Å². The van der Waals surface area contributed by atoms with Crippen LogP contribution in [0, 0.1) is 0 Å². The summed E-state index contributed by atoms with van der Waals surface area (Å²) in [5.74, 6) is 0. The van der Waals surface area contributed by atoms with Crippen molar-refractivity contribution < 1.29 is 9.52 Å². The second-order valence-corrected chi connectivity index (χ2v) is 7.84. The highest BCUT2D eigenvalue weighted by Crippen LogP contribution is 2.27. The van der Waals surface area contributed by atoms with Gasteiger partial charge < -0.3 is 18.8 Å². The fraction of sp³-hybridized carbons (Fsp3) is 0.273. The molecule has 7 nitrogen and oxygen atoms in total. The molecule has 1 fully saturated rings. The molecule has 1 saturated heterocycles. The van der Waals surface area contributed by atoms with Crippen LogP contribution < -0.4 is 10.5 Å². The van der Waals surface area contributed by atoms with Gasteiger partial charge in [0.05, 0.1) is 22.9 Å². The molecule has 1 aromatic carbocycles. The van der Waals surface area contributed by atoms with E-state index in [1.54, 1.807) is 16.7 Å². The van der Waals surface area contributed by atoms with E-state index in [4.69, 9.17) is 21.1 Å². The van der Waals surface area contributed by atoms with Crippen molar-refractivity contribution in [2.24, 2.45) is 0 Å². The largest absolute Gasteiger partial charge is 0.422 e. The Morgan fingerprint density at radius 3 is 2.73 bits per heavy atom. The summed E-state index contributed by atoms with van der Waals surface area (Å²) in [7, 11) is 0. The number of β-amino-alcohol motifs (C(OH)–C–C–N with tert-alkyl or cyclic N) is 1. The topological polar surface area (TPSA) is 74.2 Å². The molecular formula is C22H21ClN4O3. The smallest absolute Gasteiger partial charge is 0.345 e. The molecule has 0 unspecified atom stereocenters. The van der Waals surface area contributed by atoms with Crippen LogP contribution in [0.25, 0.3) is 27.9 Å². The van der Waals surface area contributed by atoms with Gasteiger partial charge in [-0.15, -0.1) is 0 Å². The Labute approximate surface area is 177 Å². The van der Waals surface area contributed by atoms with E-state index in [0.29, 0.717) is 34.1 Å². The van der Waals surface area contributed by atoms with Gasteiger partial charge in [-0.25, -0.2) is 9.78 Å². The van der Waals surface area contributed by atoms with Crippen LogP contribution in [0.5, 0.6) is 0 Å². The third kappa shape index (κ3) is 3.45. The van der Waals surface area contributed by atoms with E-state index in [1.807, 2.05) is 36.5 Å². The molecule has 30 heavy (non-hydrogen) atoms. The normalized spacial score (nSPS) is 15.3. The zero-order valence-electron chi connectivity index (χ0n) is 16.3. The van der Waals surface area contributed by atoms with Gasteiger partial charge in [0.1, 0.15) is 5.58 Å². The number of benzene rings is 1. The molecule has 0 aliphatic carbocycles. The fourth-order valence-electron chi connectivity index (χ4n) is 3.95. The molecule has 3 aromatic heterocycles. The minimum atomic E-state index is -0.424. The Hall–Kier alpha value is -2.87. The van der Waals surface area contributed by atoms with Gasteiger partial charge in [-0.2, -0.15) is 0 Å². The molecule has 0 saturated carbocycles. The molecule has 0 radical (unpaired) electrons. The second-order valence-electron chi connectivity index (χ2n) is 7.44. The first-order chi connectivity index (χ1) is 14.6. The summed E-state index contributed by atoms with van der Waals surface area (Å²) in [6.07, 6.45) is 3.62. The number of pyridine rings is 1. The number of halogens is 1. The minimum Gasteiger partial charge on any atom is -0.422 e. The molecule has 0 amide bonds. The van der Waals surface area contributed by atoms with Crippen molar-refractivity contribution >= 4 is 33.9 Å². The van der Waals surface area contributed by atoms with Gasteiger partial charge in [0, 0.05) is 62.3 Å². The van der Waals surface area contributed by atoms with Gasteiger partial charge in [-0.3, -0.25) is 4.90 Å². The van der Waals surface area contributed by atoms with Gasteiger partial charge >= 0.3 is 5.63 Å². The molecule has 0 atom stereocenters. The van der Waals surface area contributed by atoms with Crippen LogP contribution >= 0.6 is 11.6 Å². The standard InChI is InChI=1S/C22H21ClN4O3/c23-18-2-1-5-27-14-19(24-21(18)27)17-12-15-3-4-16(13-20(15)30-22(17)29)26-8-6-25(7-9-26)10-11-28/h1-5,12-14,28H,6-11H2. The van der Waals surface area contributed by atoms with Crippen molar-refractivity contribution in [2.45, 2.75) is 0 Å². The first-order valence-corrected chi connectivity index (χ1v) is 10.3. The van der Waals surface area contributed by atoms with Crippen molar-refractivity contribution in [3.8, 4) is 11.3 Å². The average molecular weight is 425 g/mol. The third-order valence-corrected chi connectivity index (χ3v) is 5.88. The summed E-state index contributed by atoms with van der Waals surface area (Å²) >= 11 is 6.21. The van der Waals surface area contributed by atoms with Crippen molar-refractivity contribution in [3.63, 3.8) is 0 Å². The van der Waals surface area contributed by atoms with Crippen molar-refractivity contribution in [3.05, 3.63) is 64.2 Å². The van der Waals surface area contributed by atoms with Gasteiger partial charge in [0.2, 0.25) is 0 Å². The lowest BCUT2D eigenvalue weighted by atomic mass is 10.1. The maximum Gasteiger partial charge on any atom is 0.345 e. The Morgan fingerprint density at radius 2 is 1.97 bits per heavy atom. The number of hydrogen-bond donors (Lipinski definition) is 1. The Bertz CT molecular complexity index is 1270. The number of rotatable bonds is 4. The zero-order valence-corrected chi connectivity index (χ0v) is 17.0. The molecule has 8 heteroatoms. The van der Waals surface area contributed by atoms with E-state index >= 15 is 0 Å². The van der Waals surface area contributed by atoms with Crippen LogP contribution in [0.15, 0.2) is 58.0 Å². The molecule has 1 aliphatic heterocycles. The minimum absolute atomic E-state index is 0.183. The van der Waals surface area contributed by atoms with Gasteiger partial charge in [-0.05, 0) is 30.3 Å². The number of imidazole rings is 1. The lowest BCUT2D eigenvalue weighted by molar-refractivity contribution is 0.189. The second kappa shape index (κ2) is 7.75. The Morgan fingerprint density at radius 1 is 1.13 bits per heavy atom. The van der Waals surface area contributed by atoms with E-state index in [9.17, 15) is 4.79 Å². The van der Waals surface area contributed by atoms with Crippen LogP contribution in [0.3, 0.4) is 0 Å². The maximum atomic E-state index is 12.7. The van der Waals surface area contributed by atoms with E-state index in [0.717, 1.165) is 37.3 Å². The summed E-state index contributed by atoms with van der Waals surface area (Å²) in [6.45, 7) is 4.43. The number of fused-ring (bicyclic) bond motifs is 2. The number of aromatic nitrogens is 2. The highest BCUT2D eigenvalue weighted by molar-refractivity contribution is 6.33. The molecule has 4 aromatic rings. The third-order valence-electron chi connectivity index (χ3n) is 5.58. The number of hydrogen-bond acceptors (Lipinski definition) is 6. The summed E-state index contributed by atoms with van der Waals surface area (Å²) in [5.41, 5.74) is 2.70. The Kier molecular flexibility index (Phi) is 4.94. The van der Waals surface area contributed by atoms with Crippen molar-refractivity contribution in [2.75, 3.05) is 44.2 Å². The zero-order chi connectivity index (χ0) is 20.7. The first kappa shape index (κ1) is 19.1.